The minimum Gasteiger partial charge on any atom is -0.457 e. The minimum atomic E-state index is -0.618. The lowest BCUT2D eigenvalue weighted by molar-refractivity contribution is 0.436. The first-order valence-electron chi connectivity index (χ1n) is 29.7. The van der Waals surface area contributed by atoms with E-state index in [0.717, 1.165) is 102 Å². The molecule has 2 spiro atoms. The lowest BCUT2D eigenvalue weighted by atomic mass is 9.66. The number of fused-ring (bicyclic) bond motifs is 21. The lowest BCUT2D eigenvalue weighted by Gasteiger charge is -2.39. The molecular formula is C81H57N3O2. The van der Waals surface area contributed by atoms with Gasteiger partial charge in [0.05, 0.1) is 21.9 Å². The van der Waals surface area contributed by atoms with E-state index in [-0.39, 0.29) is 6.04 Å². The Labute approximate surface area is 500 Å². The lowest BCUT2D eigenvalue weighted by Crippen LogP contribution is -2.32. The van der Waals surface area contributed by atoms with Crippen LogP contribution in [0.2, 0.25) is 0 Å². The van der Waals surface area contributed by atoms with E-state index in [1.807, 2.05) is 12.2 Å². The molecule has 0 N–H and O–H groups in total. The highest BCUT2D eigenvalue weighted by Gasteiger charge is 2.53. The van der Waals surface area contributed by atoms with Gasteiger partial charge in [0.25, 0.3) is 0 Å². The maximum absolute atomic E-state index is 6.74. The van der Waals surface area contributed by atoms with E-state index in [4.69, 9.17) is 9.47 Å². The maximum Gasteiger partial charge on any atom is 0.132 e. The van der Waals surface area contributed by atoms with Gasteiger partial charge in [0.15, 0.2) is 0 Å². The van der Waals surface area contributed by atoms with Gasteiger partial charge in [0.2, 0.25) is 0 Å². The number of hydrogen-bond donors (Lipinski definition) is 0. The van der Waals surface area contributed by atoms with Crippen LogP contribution >= 0.6 is 0 Å². The van der Waals surface area contributed by atoms with Gasteiger partial charge in [-0.25, -0.2) is 0 Å². The van der Waals surface area contributed by atoms with Crippen molar-refractivity contribution in [2.24, 2.45) is 0 Å². The van der Waals surface area contributed by atoms with Gasteiger partial charge in [0, 0.05) is 73.2 Å². The molecule has 2 aliphatic carbocycles. The molecule has 0 unspecified atom stereocenters. The zero-order chi connectivity index (χ0) is 57.4. The minimum absolute atomic E-state index is 0.111. The van der Waals surface area contributed by atoms with Crippen molar-refractivity contribution in [2.75, 3.05) is 9.80 Å². The molecule has 13 aromatic rings. The second-order valence-electron chi connectivity index (χ2n) is 23.4. The number of nitrogens with zero attached hydrogens (tertiary/aromatic N) is 3. The molecule has 12 aromatic carbocycles. The molecule has 3 heterocycles. The first-order valence-corrected chi connectivity index (χ1v) is 29.7. The van der Waals surface area contributed by atoms with Crippen molar-refractivity contribution in [3.8, 4) is 45.3 Å². The third-order valence-corrected chi connectivity index (χ3v) is 18.8. The van der Waals surface area contributed by atoms with Gasteiger partial charge in [-0.05, 0) is 167 Å². The van der Waals surface area contributed by atoms with E-state index in [9.17, 15) is 0 Å². The van der Waals surface area contributed by atoms with Crippen LogP contribution in [-0.2, 0) is 10.8 Å². The summed E-state index contributed by atoms with van der Waals surface area (Å²) in [7, 11) is 0. The molecule has 1 aromatic heterocycles. The van der Waals surface area contributed by atoms with E-state index in [1.54, 1.807) is 0 Å². The summed E-state index contributed by atoms with van der Waals surface area (Å²) in [6.45, 7) is 12.9. The average molecular weight is 1100 g/mol. The Hall–Kier alpha value is -10.9. The van der Waals surface area contributed by atoms with Gasteiger partial charge >= 0.3 is 0 Å². The molecule has 408 valence electrons. The number of para-hydroxylation sites is 4. The number of aromatic nitrogens is 1. The molecule has 4 aliphatic rings. The Morgan fingerprint density at radius 1 is 0.326 bits per heavy atom. The fourth-order valence-corrected chi connectivity index (χ4v) is 15.2. The molecule has 86 heavy (non-hydrogen) atoms. The van der Waals surface area contributed by atoms with E-state index in [0.29, 0.717) is 0 Å². The Balaban J connectivity index is 0.854. The van der Waals surface area contributed by atoms with Crippen molar-refractivity contribution in [3.05, 3.63) is 336 Å². The summed E-state index contributed by atoms with van der Waals surface area (Å²) in [5.74, 6) is 3.50. The van der Waals surface area contributed by atoms with Crippen LogP contribution in [0.4, 0.5) is 34.1 Å². The summed E-state index contributed by atoms with van der Waals surface area (Å²) in [5, 5.41) is 2.39. The van der Waals surface area contributed by atoms with Crippen LogP contribution in [0.1, 0.15) is 75.5 Å². The van der Waals surface area contributed by atoms with Crippen LogP contribution in [0.25, 0.3) is 56.2 Å². The normalized spacial score (nSPS) is 13.8. The molecule has 17 rings (SSSR count). The Morgan fingerprint density at radius 2 is 0.628 bits per heavy atom. The standard InChI is InChI=1S/C81H57N3O2/c1-5-52-31-35-54(36-32-52)83(56-39-43-62-60-19-7-9-21-66(60)80(72(62)47-56)68-23-11-15-27-76(68)85-77-28-16-12-24-69(77)80)58-41-45-64-65-46-42-59(50-75(65)82(51(3)4)74(64)49-58)84(55-37-33-53(6-2)34-38-55)57-40-44-63-61-20-8-10-22-67(61)81(73(63)48-57)70-25-13-17-29-78(70)86-79-30-18-14-26-71(79)81/h5-51H,1-2H2,3-4H3. The molecule has 0 saturated heterocycles. The van der Waals surface area contributed by atoms with Crippen molar-refractivity contribution < 1.29 is 9.47 Å². The molecule has 2 aliphatic heterocycles. The predicted molar refractivity (Wildman–Crippen MR) is 354 cm³/mol. The fourth-order valence-electron chi connectivity index (χ4n) is 15.2. The zero-order valence-corrected chi connectivity index (χ0v) is 47.7. The van der Waals surface area contributed by atoms with Crippen LogP contribution < -0.4 is 19.3 Å². The molecule has 0 saturated carbocycles. The largest absolute Gasteiger partial charge is 0.457 e. The molecular weight excluding hydrogens is 1050 g/mol. The molecule has 0 amide bonds. The highest BCUT2D eigenvalue weighted by Crippen LogP contribution is 2.65. The molecule has 5 heteroatoms. The van der Waals surface area contributed by atoms with E-state index >= 15 is 0 Å². The third kappa shape index (κ3) is 6.88. The maximum atomic E-state index is 6.74. The third-order valence-electron chi connectivity index (χ3n) is 18.8. The van der Waals surface area contributed by atoms with Gasteiger partial charge in [0.1, 0.15) is 23.0 Å². The fraction of sp³-hybridized carbons (Fsp3) is 0.0617. The van der Waals surface area contributed by atoms with Gasteiger partial charge in [-0.3, -0.25) is 0 Å². The monoisotopic (exact) mass is 1100 g/mol. The summed E-state index contributed by atoms with van der Waals surface area (Å²) in [6, 6.07) is 98.1. The van der Waals surface area contributed by atoms with Crippen molar-refractivity contribution in [1.82, 2.24) is 4.57 Å². The first kappa shape index (κ1) is 49.7. The van der Waals surface area contributed by atoms with E-state index in [2.05, 4.69) is 308 Å². The van der Waals surface area contributed by atoms with E-state index in [1.165, 1.54) is 55.3 Å². The van der Waals surface area contributed by atoms with Crippen LogP contribution in [0.3, 0.4) is 0 Å². The van der Waals surface area contributed by atoms with Crippen LogP contribution in [0, 0.1) is 0 Å². The highest BCUT2D eigenvalue weighted by atomic mass is 16.5. The average Bonchev–Trinajstić information content (AvgIpc) is 1.58. The number of benzene rings is 12. The smallest absolute Gasteiger partial charge is 0.132 e. The predicted octanol–water partition coefficient (Wildman–Crippen LogP) is 21.5. The summed E-state index contributed by atoms with van der Waals surface area (Å²) >= 11 is 0. The summed E-state index contributed by atoms with van der Waals surface area (Å²) in [6.07, 6.45) is 3.82. The van der Waals surface area contributed by atoms with Crippen molar-refractivity contribution in [2.45, 2.75) is 30.7 Å². The van der Waals surface area contributed by atoms with Crippen LogP contribution in [-0.4, -0.2) is 4.57 Å². The topological polar surface area (TPSA) is 29.9 Å². The van der Waals surface area contributed by atoms with Gasteiger partial charge < -0.3 is 23.8 Å². The Bertz CT molecular complexity index is 4590. The van der Waals surface area contributed by atoms with Crippen molar-refractivity contribution in [3.63, 3.8) is 0 Å². The van der Waals surface area contributed by atoms with Crippen LogP contribution in [0.5, 0.6) is 23.0 Å². The van der Waals surface area contributed by atoms with Crippen LogP contribution in [0.15, 0.2) is 280 Å². The molecule has 5 nitrogen and oxygen atoms in total. The second-order valence-corrected chi connectivity index (χ2v) is 23.4. The Morgan fingerprint density at radius 3 is 0.988 bits per heavy atom. The SMILES string of the molecule is C=Cc1ccc(N(c2ccc3c(c2)C2(c4ccccc4Oc4ccccc42)c2ccccc2-3)c2ccc3c4ccc(N(c5ccc(C=C)cc5)c5ccc6c(c5)C5(c7ccccc7Oc7ccccc75)c5ccccc5-6)cc4n(C(C)C)c3c2)cc1. The number of rotatable bonds is 9. The molecule has 0 atom stereocenters. The molecule has 0 fully saturated rings. The number of hydrogen-bond acceptors (Lipinski definition) is 4. The molecule has 0 radical (unpaired) electrons. The van der Waals surface area contributed by atoms with E-state index < -0.39 is 10.8 Å². The zero-order valence-electron chi connectivity index (χ0n) is 47.7. The second kappa shape index (κ2) is 18.8. The van der Waals surface area contributed by atoms with Gasteiger partial charge in [-0.15, -0.1) is 0 Å². The number of anilines is 6. The highest BCUT2D eigenvalue weighted by molar-refractivity contribution is 6.11. The van der Waals surface area contributed by atoms with Crippen molar-refractivity contribution in [1.29, 1.82) is 0 Å². The van der Waals surface area contributed by atoms with Gasteiger partial charge in [-0.1, -0.05) is 195 Å². The first-order chi connectivity index (χ1) is 42.4. The summed E-state index contributed by atoms with van der Waals surface area (Å²) < 4.78 is 16.0. The quantitative estimate of drug-likeness (QED) is 0.144. The van der Waals surface area contributed by atoms with Crippen molar-refractivity contribution >= 4 is 68.1 Å². The summed E-state index contributed by atoms with van der Waals surface area (Å²) in [5.41, 5.74) is 24.0. The Kier molecular flexibility index (Phi) is 10.9. The molecule has 0 bridgehead atoms. The van der Waals surface area contributed by atoms with Gasteiger partial charge in [-0.2, -0.15) is 0 Å². The number of ether oxygens (including phenoxy) is 2. The summed E-state index contributed by atoms with van der Waals surface area (Å²) in [4.78, 5) is 4.86.